The number of para-hydroxylation sites is 1. The molecular weight excluding hydrogens is 248 g/mol. The number of carboxylic acid groups (broad SMARTS) is 1. The van der Waals surface area contributed by atoms with E-state index in [1.54, 1.807) is 24.3 Å². The highest BCUT2D eigenvalue weighted by molar-refractivity contribution is 6.07. The van der Waals surface area contributed by atoms with Crippen LogP contribution in [-0.4, -0.2) is 38.9 Å². The third-order valence-electron chi connectivity index (χ3n) is 3.15. The van der Waals surface area contributed by atoms with E-state index in [0.717, 1.165) is 0 Å². The summed E-state index contributed by atoms with van der Waals surface area (Å²) in [6, 6.07) is 6.99. The smallest absolute Gasteiger partial charge is 0.312 e. The minimum absolute atomic E-state index is 0.111. The molecule has 96 valence electrons. The van der Waals surface area contributed by atoms with Gasteiger partial charge in [-0.3, -0.25) is 9.59 Å². The molecule has 7 nitrogen and oxygen atoms in total. The molecule has 0 spiro atoms. The molecule has 0 saturated carbocycles. The molecule has 19 heavy (non-hydrogen) atoms. The maximum absolute atomic E-state index is 12.2. The Labute approximate surface area is 107 Å². The Hall–Kier alpha value is -2.70. The van der Waals surface area contributed by atoms with Gasteiger partial charge in [0.2, 0.25) is 0 Å². The van der Waals surface area contributed by atoms with Crippen LogP contribution in [0.1, 0.15) is 22.0 Å². The van der Waals surface area contributed by atoms with Gasteiger partial charge in [0.25, 0.3) is 5.91 Å². The number of fused-ring (bicyclic) bond motifs is 1. The van der Waals surface area contributed by atoms with E-state index in [9.17, 15) is 14.7 Å². The second-order valence-electron chi connectivity index (χ2n) is 4.22. The maximum atomic E-state index is 12.2. The number of H-pyrrole nitrogens is 1. The van der Waals surface area contributed by atoms with Gasteiger partial charge in [-0.2, -0.15) is 15.4 Å². The lowest BCUT2D eigenvalue weighted by Crippen LogP contribution is -2.31. The lowest BCUT2D eigenvalue weighted by atomic mass is 10.0. The van der Waals surface area contributed by atoms with Crippen LogP contribution in [0, 0.1) is 0 Å². The number of benzene rings is 1. The van der Waals surface area contributed by atoms with E-state index >= 15 is 0 Å². The number of carbonyl (C=O) groups is 2. The minimum atomic E-state index is -0.942. The van der Waals surface area contributed by atoms with Crippen LogP contribution in [0.25, 0.3) is 0 Å². The van der Waals surface area contributed by atoms with E-state index < -0.39 is 11.9 Å². The monoisotopic (exact) mass is 258 g/mol. The number of hydrogen-bond donors (Lipinski definition) is 2. The molecule has 0 aliphatic carbocycles. The van der Waals surface area contributed by atoms with Crippen LogP contribution in [0.15, 0.2) is 30.5 Å². The van der Waals surface area contributed by atoms with E-state index in [2.05, 4.69) is 15.4 Å². The van der Waals surface area contributed by atoms with Gasteiger partial charge in [-0.25, -0.2) is 0 Å². The normalized spacial score (nSPS) is 17.3. The molecule has 0 bridgehead atoms. The molecule has 1 atom stereocenters. The van der Waals surface area contributed by atoms with Gasteiger partial charge in [0.1, 0.15) is 5.92 Å². The zero-order chi connectivity index (χ0) is 13.4. The van der Waals surface area contributed by atoms with Gasteiger partial charge < -0.3 is 10.0 Å². The Bertz CT molecular complexity index is 638. The first-order chi connectivity index (χ1) is 9.18. The second kappa shape index (κ2) is 4.20. The number of nitrogens with zero attached hydrogens (tertiary/aromatic N) is 3. The van der Waals surface area contributed by atoms with Crippen LogP contribution in [-0.2, 0) is 4.79 Å². The molecule has 1 aromatic heterocycles. The number of rotatable bonds is 2. The largest absolute Gasteiger partial charge is 0.481 e. The highest BCUT2D eigenvalue weighted by atomic mass is 16.4. The van der Waals surface area contributed by atoms with Crippen molar-refractivity contribution >= 4 is 17.6 Å². The molecule has 2 heterocycles. The first-order valence-corrected chi connectivity index (χ1v) is 5.68. The van der Waals surface area contributed by atoms with Crippen LogP contribution in [0.4, 0.5) is 5.69 Å². The Kier molecular flexibility index (Phi) is 2.52. The van der Waals surface area contributed by atoms with Crippen molar-refractivity contribution in [3.63, 3.8) is 0 Å². The number of hydrogen-bond acceptors (Lipinski definition) is 4. The summed E-state index contributed by atoms with van der Waals surface area (Å²) in [6.07, 6.45) is 1.32. The van der Waals surface area contributed by atoms with Gasteiger partial charge in [-0.15, -0.1) is 0 Å². The number of aromatic amines is 1. The van der Waals surface area contributed by atoms with Crippen LogP contribution in [0.5, 0.6) is 0 Å². The standard InChI is InChI=1S/C12H10N4O3/c17-11(9-5-13-15-14-9)16-6-8(12(18)19)7-3-1-2-4-10(7)16/h1-5,8H,6H2,(H,18,19)(H,13,14,15). The van der Waals surface area contributed by atoms with Gasteiger partial charge in [-0.1, -0.05) is 18.2 Å². The van der Waals surface area contributed by atoms with Gasteiger partial charge in [-0.05, 0) is 11.6 Å². The van der Waals surface area contributed by atoms with E-state index in [1.807, 2.05) is 0 Å². The lowest BCUT2D eigenvalue weighted by molar-refractivity contribution is -0.138. The predicted molar refractivity (Wildman–Crippen MR) is 64.9 cm³/mol. The zero-order valence-electron chi connectivity index (χ0n) is 9.78. The van der Waals surface area contributed by atoms with Gasteiger partial charge in [0.05, 0.1) is 6.20 Å². The number of aliphatic carboxylic acids is 1. The van der Waals surface area contributed by atoms with Crippen LogP contribution in [0.3, 0.4) is 0 Å². The molecule has 2 aromatic rings. The van der Waals surface area contributed by atoms with Gasteiger partial charge in [0, 0.05) is 12.2 Å². The predicted octanol–water partition coefficient (Wildman–Crippen LogP) is 0.633. The topological polar surface area (TPSA) is 99.2 Å². The molecule has 0 fully saturated rings. The zero-order valence-corrected chi connectivity index (χ0v) is 9.78. The number of amides is 1. The van der Waals surface area contributed by atoms with Crippen molar-refractivity contribution in [1.82, 2.24) is 15.4 Å². The number of nitrogens with one attached hydrogen (secondary N) is 1. The minimum Gasteiger partial charge on any atom is -0.481 e. The van der Waals surface area contributed by atoms with Gasteiger partial charge in [0.15, 0.2) is 5.69 Å². The molecule has 7 heteroatoms. The Morgan fingerprint density at radius 3 is 2.84 bits per heavy atom. The number of carbonyl (C=O) groups excluding carboxylic acids is 1. The molecule has 1 aliphatic heterocycles. The second-order valence-corrected chi connectivity index (χ2v) is 4.22. The van der Waals surface area contributed by atoms with Crippen molar-refractivity contribution < 1.29 is 14.7 Å². The third kappa shape index (κ3) is 1.75. The molecule has 1 unspecified atom stereocenters. The van der Waals surface area contributed by atoms with Crippen molar-refractivity contribution in [2.24, 2.45) is 0 Å². The van der Waals surface area contributed by atoms with E-state index in [0.29, 0.717) is 11.3 Å². The third-order valence-corrected chi connectivity index (χ3v) is 3.15. The maximum Gasteiger partial charge on any atom is 0.312 e. The summed E-state index contributed by atoms with van der Waals surface area (Å²) in [5.41, 5.74) is 1.43. The van der Waals surface area contributed by atoms with E-state index in [4.69, 9.17) is 0 Å². The summed E-state index contributed by atoms with van der Waals surface area (Å²) < 4.78 is 0. The summed E-state index contributed by atoms with van der Waals surface area (Å²) in [6.45, 7) is 0.111. The van der Waals surface area contributed by atoms with Crippen LogP contribution in [0.2, 0.25) is 0 Å². The summed E-state index contributed by atoms with van der Waals surface area (Å²) in [5.74, 6) is -2.00. The van der Waals surface area contributed by atoms with Crippen molar-refractivity contribution in [2.75, 3.05) is 11.4 Å². The first-order valence-electron chi connectivity index (χ1n) is 5.68. The van der Waals surface area contributed by atoms with Gasteiger partial charge >= 0.3 is 5.97 Å². The summed E-state index contributed by atoms with van der Waals surface area (Å²) in [7, 11) is 0. The fourth-order valence-corrected chi connectivity index (χ4v) is 2.25. The molecule has 0 saturated heterocycles. The fourth-order valence-electron chi connectivity index (χ4n) is 2.25. The van der Waals surface area contributed by atoms with E-state index in [1.165, 1.54) is 11.1 Å². The summed E-state index contributed by atoms with van der Waals surface area (Å²) in [4.78, 5) is 24.9. The average Bonchev–Trinajstić information content (AvgIpc) is 3.05. The molecule has 2 N–H and O–H groups in total. The summed E-state index contributed by atoms with van der Waals surface area (Å²) >= 11 is 0. The molecular formula is C12H10N4O3. The number of aromatic nitrogens is 3. The Balaban J connectivity index is 2.01. The molecule has 3 rings (SSSR count). The Morgan fingerprint density at radius 2 is 2.16 bits per heavy atom. The number of anilines is 1. The highest BCUT2D eigenvalue weighted by Crippen LogP contribution is 2.36. The van der Waals surface area contributed by atoms with E-state index in [-0.39, 0.29) is 18.1 Å². The number of carboxylic acids is 1. The van der Waals surface area contributed by atoms with Crippen molar-refractivity contribution in [3.05, 3.63) is 41.7 Å². The quantitative estimate of drug-likeness (QED) is 0.823. The lowest BCUT2D eigenvalue weighted by Gasteiger charge is -2.15. The van der Waals surface area contributed by atoms with Crippen LogP contribution < -0.4 is 4.90 Å². The highest BCUT2D eigenvalue weighted by Gasteiger charge is 2.37. The molecule has 0 radical (unpaired) electrons. The van der Waals surface area contributed by atoms with Crippen LogP contribution >= 0.6 is 0 Å². The average molecular weight is 258 g/mol. The van der Waals surface area contributed by atoms with Crippen molar-refractivity contribution in [3.8, 4) is 0 Å². The molecule has 1 aliphatic rings. The SMILES string of the molecule is O=C(O)C1CN(C(=O)c2cn[nH]n2)c2ccccc21. The fraction of sp³-hybridized carbons (Fsp3) is 0.167. The Morgan fingerprint density at radius 1 is 1.37 bits per heavy atom. The van der Waals surface area contributed by atoms with Crippen molar-refractivity contribution in [2.45, 2.75) is 5.92 Å². The molecule has 1 aromatic carbocycles. The van der Waals surface area contributed by atoms with Crippen molar-refractivity contribution in [1.29, 1.82) is 0 Å². The first kappa shape index (κ1) is 11.4. The molecule has 1 amide bonds. The summed E-state index contributed by atoms with van der Waals surface area (Å²) in [5, 5.41) is 18.9.